The molecular weight excluding hydrogens is 228 g/mol. The van der Waals surface area contributed by atoms with Gasteiger partial charge in [0, 0.05) is 17.6 Å². The molecule has 2 rings (SSSR count). The maximum Gasteiger partial charge on any atom is 0.148 e. The fourth-order valence-corrected chi connectivity index (χ4v) is 2.47. The van der Waals surface area contributed by atoms with E-state index in [-0.39, 0.29) is 0 Å². The van der Waals surface area contributed by atoms with Crippen LogP contribution in [-0.4, -0.2) is 27.1 Å². The van der Waals surface area contributed by atoms with E-state index in [1.54, 1.807) is 0 Å². The van der Waals surface area contributed by atoms with Gasteiger partial charge in [-0.25, -0.2) is 20.8 Å². The van der Waals surface area contributed by atoms with Crippen molar-refractivity contribution in [2.75, 3.05) is 10.9 Å². The minimum Gasteiger partial charge on any atom is -0.308 e. The quantitative estimate of drug-likeness (QED) is 0.559. The standard InChI is InChI=1S/C12H22N6/c1-8-5-4-6-9(2)18(8)17-12-10(3)11(16-13)14-7-15-12/h7-9H,4-6,13H2,1-3H3,(H2,14,15,16,17). The van der Waals surface area contributed by atoms with E-state index in [0.29, 0.717) is 17.9 Å². The molecule has 100 valence electrons. The molecule has 1 aromatic rings. The van der Waals surface area contributed by atoms with Gasteiger partial charge in [-0.15, -0.1) is 0 Å². The minimum atomic E-state index is 0.511. The van der Waals surface area contributed by atoms with Crippen LogP contribution < -0.4 is 16.7 Å². The van der Waals surface area contributed by atoms with Crippen LogP contribution in [0.15, 0.2) is 6.33 Å². The number of nitrogen functional groups attached to an aromatic ring is 1. The van der Waals surface area contributed by atoms with Gasteiger partial charge in [0.2, 0.25) is 0 Å². The molecule has 2 atom stereocenters. The fraction of sp³-hybridized carbons (Fsp3) is 0.667. The molecule has 0 spiro atoms. The lowest BCUT2D eigenvalue weighted by atomic mass is 10.00. The number of hydrogen-bond acceptors (Lipinski definition) is 6. The van der Waals surface area contributed by atoms with Crippen molar-refractivity contribution in [3.05, 3.63) is 11.9 Å². The minimum absolute atomic E-state index is 0.511. The van der Waals surface area contributed by atoms with Crippen molar-refractivity contribution in [3.63, 3.8) is 0 Å². The van der Waals surface area contributed by atoms with Crippen LogP contribution in [0.5, 0.6) is 0 Å². The number of aromatic nitrogens is 2. The van der Waals surface area contributed by atoms with E-state index in [0.717, 1.165) is 11.4 Å². The van der Waals surface area contributed by atoms with E-state index in [1.807, 2.05) is 6.92 Å². The number of anilines is 2. The molecule has 1 aromatic heterocycles. The van der Waals surface area contributed by atoms with Gasteiger partial charge in [-0.05, 0) is 33.6 Å². The summed E-state index contributed by atoms with van der Waals surface area (Å²) in [6, 6.07) is 1.02. The Morgan fingerprint density at radius 1 is 1.22 bits per heavy atom. The van der Waals surface area contributed by atoms with Crippen LogP contribution in [0.3, 0.4) is 0 Å². The zero-order valence-corrected chi connectivity index (χ0v) is 11.3. The molecule has 0 aromatic carbocycles. The van der Waals surface area contributed by atoms with Gasteiger partial charge < -0.3 is 10.9 Å². The second-order valence-corrected chi connectivity index (χ2v) is 4.99. The Kier molecular flexibility index (Phi) is 3.98. The number of nitrogens with one attached hydrogen (secondary N) is 2. The summed E-state index contributed by atoms with van der Waals surface area (Å²) < 4.78 is 0. The van der Waals surface area contributed by atoms with Gasteiger partial charge in [0.1, 0.15) is 18.0 Å². The molecule has 1 saturated heterocycles. The lowest BCUT2D eigenvalue weighted by Gasteiger charge is -2.39. The van der Waals surface area contributed by atoms with E-state index < -0.39 is 0 Å². The first-order chi connectivity index (χ1) is 8.63. The van der Waals surface area contributed by atoms with Crippen molar-refractivity contribution in [1.82, 2.24) is 15.0 Å². The van der Waals surface area contributed by atoms with Crippen molar-refractivity contribution >= 4 is 11.6 Å². The lowest BCUT2D eigenvalue weighted by molar-refractivity contribution is 0.135. The summed E-state index contributed by atoms with van der Waals surface area (Å²) in [6.07, 6.45) is 5.23. The summed E-state index contributed by atoms with van der Waals surface area (Å²) in [5.41, 5.74) is 6.93. The molecule has 0 amide bonds. The molecule has 18 heavy (non-hydrogen) atoms. The van der Waals surface area contributed by atoms with Crippen LogP contribution in [-0.2, 0) is 0 Å². The predicted octanol–water partition coefficient (Wildman–Crippen LogP) is 1.66. The second-order valence-electron chi connectivity index (χ2n) is 4.99. The van der Waals surface area contributed by atoms with Gasteiger partial charge in [-0.2, -0.15) is 0 Å². The first kappa shape index (κ1) is 13.0. The summed E-state index contributed by atoms with van der Waals surface area (Å²) >= 11 is 0. The van der Waals surface area contributed by atoms with Crippen LogP contribution in [0.25, 0.3) is 0 Å². The maximum absolute atomic E-state index is 5.43. The van der Waals surface area contributed by atoms with Crippen LogP contribution in [0, 0.1) is 6.92 Å². The molecule has 6 heteroatoms. The van der Waals surface area contributed by atoms with E-state index in [1.165, 1.54) is 25.6 Å². The second kappa shape index (κ2) is 5.49. The Labute approximate surface area is 108 Å². The largest absolute Gasteiger partial charge is 0.308 e. The molecule has 2 unspecified atom stereocenters. The number of nitrogens with two attached hydrogens (primary N) is 1. The van der Waals surface area contributed by atoms with Crippen LogP contribution in [0.2, 0.25) is 0 Å². The molecule has 1 aliphatic rings. The summed E-state index contributed by atoms with van der Waals surface area (Å²) in [5.74, 6) is 6.90. The average molecular weight is 250 g/mol. The van der Waals surface area contributed by atoms with Crippen molar-refractivity contribution in [2.45, 2.75) is 52.1 Å². The highest BCUT2D eigenvalue weighted by atomic mass is 15.5. The number of nitrogens with zero attached hydrogens (tertiary/aromatic N) is 3. The third kappa shape index (κ3) is 2.54. The molecule has 0 radical (unpaired) electrons. The molecule has 1 fully saturated rings. The zero-order chi connectivity index (χ0) is 13.1. The average Bonchev–Trinajstić information content (AvgIpc) is 2.36. The summed E-state index contributed by atoms with van der Waals surface area (Å²) in [5, 5.41) is 2.28. The number of piperidine rings is 1. The molecular formula is C12H22N6. The Balaban J connectivity index is 2.17. The number of rotatable bonds is 3. The Morgan fingerprint density at radius 3 is 2.44 bits per heavy atom. The van der Waals surface area contributed by atoms with E-state index in [9.17, 15) is 0 Å². The number of hydrogen-bond donors (Lipinski definition) is 3. The molecule has 0 saturated carbocycles. The van der Waals surface area contributed by atoms with Gasteiger partial charge >= 0.3 is 0 Å². The third-order valence-corrected chi connectivity index (χ3v) is 3.65. The Bertz CT molecular complexity index is 398. The topological polar surface area (TPSA) is 79.1 Å². The highest BCUT2D eigenvalue weighted by Crippen LogP contribution is 2.25. The van der Waals surface area contributed by atoms with E-state index in [4.69, 9.17) is 5.84 Å². The predicted molar refractivity (Wildman–Crippen MR) is 72.8 cm³/mol. The van der Waals surface area contributed by atoms with Crippen molar-refractivity contribution < 1.29 is 0 Å². The molecule has 1 aliphatic heterocycles. The zero-order valence-electron chi connectivity index (χ0n) is 11.3. The molecule has 0 bridgehead atoms. The maximum atomic E-state index is 5.43. The van der Waals surface area contributed by atoms with Crippen molar-refractivity contribution in [2.24, 2.45) is 5.84 Å². The number of hydrazine groups is 2. The monoisotopic (exact) mass is 250 g/mol. The Hall–Kier alpha value is -1.40. The normalized spacial score (nSPS) is 24.9. The fourth-order valence-electron chi connectivity index (χ4n) is 2.47. The summed E-state index contributed by atoms with van der Waals surface area (Å²) in [4.78, 5) is 8.37. The van der Waals surface area contributed by atoms with Gasteiger partial charge in [-0.3, -0.25) is 0 Å². The SMILES string of the molecule is Cc1c(NN)ncnc1NN1C(C)CCCC1C. The Morgan fingerprint density at radius 2 is 1.83 bits per heavy atom. The van der Waals surface area contributed by atoms with Crippen LogP contribution in [0.4, 0.5) is 11.6 Å². The molecule has 6 nitrogen and oxygen atoms in total. The summed E-state index contributed by atoms with van der Waals surface area (Å²) in [6.45, 7) is 6.43. The first-order valence-corrected chi connectivity index (χ1v) is 6.46. The van der Waals surface area contributed by atoms with Gasteiger partial charge in [0.05, 0.1) is 0 Å². The lowest BCUT2D eigenvalue weighted by Crippen LogP contribution is -2.47. The van der Waals surface area contributed by atoms with Gasteiger partial charge in [0.15, 0.2) is 0 Å². The summed E-state index contributed by atoms with van der Waals surface area (Å²) in [7, 11) is 0. The molecule has 4 N–H and O–H groups in total. The van der Waals surface area contributed by atoms with Gasteiger partial charge in [-0.1, -0.05) is 6.42 Å². The van der Waals surface area contributed by atoms with Crippen LogP contribution in [0.1, 0.15) is 38.7 Å². The highest BCUT2D eigenvalue weighted by Gasteiger charge is 2.25. The van der Waals surface area contributed by atoms with E-state index in [2.05, 4.69) is 39.7 Å². The van der Waals surface area contributed by atoms with E-state index >= 15 is 0 Å². The highest BCUT2D eigenvalue weighted by molar-refractivity contribution is 5.55. The molecule has 2 heterocycles. The van der Waals surface area contributed by atoms with Crippen molar-refractivity contribution in [1.29, 1.82) is 0 Å². The smallest absolute Gasteiger partial charge is 0.148 e. The molecule has 0 aliphatic carbocycles. The first-order valence-electron chi connectivity index (χ1n) is 6.46. The van der Waals surface area contributed by atoms with Gasteiger partial charge in [0.25, 0.3) is 0 Å². The van der Waals surface area contributed by atoms with Crippen molar-refractivity contribution in [3.8, 4) is 0 Å². The van der Waals surface area contributed by atoms with Crippen LogP contribution >= 0.6 is 0 Å². The third-order valence-electron chi connectivity index (χ3n) is 3.65.